The summed E-state index contributed by atoms with van der Waals surface area (Å²) in [6.07, 6.45) is -66.8. The number of aliphatic hydroxyl groups is 23. The molecule has 0 unspecified atom stereocenters. The van der Waals surface area contributed by atoms with Crippen molar-refractivity contribution in [2.75, 3.05) is 65.6 Å². The van der Waals surface area contributed by atoms with E-state index in [0.717, 1.165) is 0 Å². The molecule has 0 radical (unpaired) electrons. The number of rotatable bonds is 42. The summed E-state index contributed by atoms with van der Waals surface area (Å²) in [7, 11) is 0. The van der Waals surface area contributed by atoms with Crippen LogP contribution >= 0.6 is 0 Å². The molecule has 9 heterocycles. The largest absolute Gasteiger partial charge is 0.394 e. The van der Waals surface area contributed by atoms with Gasteiger partial charge in [-0.05, 0) is 49.9 Å². The van der Waals surface area contributed by atoms with Crippen LogP contribution in [0.1, 0.15) is 91.9 Å². The molecule has 12 rings (SSSR count). The quantitative estimate of drug-likeness (QED) is 0.0270. The van der Waals surface area contributed by atoms with E-state index in [0.29, 0.717) is 0 Å². The molecule has 9 saturated heterocycles. The van der Waals surface area contributed by atoms with Crippen LogP contribution in [0.3, 0.4) is 0 Å². The van der Waals surface area contributed by atoms with Gasteiger partial charge in [-0.3, -0.25) is 14.4 Å². The van der Waals surface area contributed by atoms with E-state index in [1.807, 2.05) is 0 Å². The smallest absolute Gasteiger partial charge is 0.187 e. The van der Waals surface area contributed by atoms with Crippen LogP contribution in [-0.2, 0) is 99.6 Å². The molecule has 60 nitrogen and oxygen atoms in total. The fourth-order valence-electron chi connectivity index (χ4n) is 20.2. The fraction of sp³-hybridized carbons (Fsp3) is 0.966. The molecule has 0 aromatic carbocycles. The molecule has 60 atom stereocenters. The van der Waals surface area contributed by atoms with Crippen LogP contribution in [-0.4, -0.2) is 550 Å². The molecule has 3 saturated carbocycles. The van der Waals surface area contributed by atoms with Crippen LogP contribution in [0.5, 0.6) is 0 Å². The molecule has 12 aliphatic rings. The van der Waals surface area contributed by atoms with Crippen LogP contribution in [0.15, 0.2) is 0 Å². The average Bonchev–Trinajstić information content (AvgIpc) is 1.50. The minimum atomic E-state index is -2.06. The lowest BCUT2D eigenvalue weighted by Gasteiger charge is -2.47. The first-order chi connectivity index (χ1) is 69.5. The van der Waals surface area contributed by atoms with Crippen molar-refractivity contribution in [3.8, 4) is 0 Å². The van der Waals surface area contributed by atoms with E-state index in [1.165, 1.54) is 0 Å². The first kappa shape index (κ1) is 128. The van der Waals surface area contributed by atoms with Crippen molar-refractivity contribution < 1.29 is 221 Å². The van der Waals surface area contributed by atoms with E-state index in [9.17, 15) is 136 Å². The number of halogens is 1. The van der Waals surface area contributed by atoms with Crippen LogP contribution in [0.2, 0.25) is 0 Å². The summed E-state index contributed by atoms with van der Waals surface area (Å²) >= 11 is 0. The molecule has 0 aromatic rings. The van der Waals surface area contributed by atoms with E-state index in [1.54, 1.807) is 13.8 Å². The van der Waals surface area contributed by atoms with Crippen molar-refractivity contribution in [3.63, 3.8) is 0 Å². The summed E-state index contributed by atoms with van der Waals surface area (Å²) in [4.78, 5) is 38.4. The van der Waals surface area contributed by atoms with Gasteiger partial charge in [-0.2, -0.15) is 0 Å². The number of aliphatic hydroxyl groups excluding tert-OH is 23. The van der Waals surface area contributed by atoms with Gasteiger partial charge in [0, 0.05) is 102 Å². The number of carbonyl (C=O) groups excluding carboxylic acids is 3. The molecular formula is C87H167FN16O44. The van der Waals surface area contributed by atoms with Crippen LogP contribution in [0, 0.1) is 17.8 Å². The molecule has 148 heavy (non-hydrogen) atoms. The number of nitrogens with two attached hydrogens (primary N) is 16. The zero-order chi connectivity index (χ0) is 109. The first-order valence-corrected chi connectivity index (χ1v) is 49.6. The molecule has 0 amide bonds. The van der Waals surface area contributed by atoms with E-state index in [4.69, 9.17) is 177 Å². The minimum Gasteiger partial charge on any atom is -0.394 e. The number of alkyl halides is 1. The zero-order valence-electron chi connectivity index (χ0n) is 81.5. The summed E-state index contributed by atoms with van der Waals surface area (Å²) < 4.78 is 120. The van der Waals surface area contributed by atoms with Gasteiger partial charge in [-0.25, -0.2) is 4.39 Å². The maximum atomic E-state index is 14.0. The monoisotopic (exact) mass is 2160 g/mol. The highest BCUT2D eigenvalue weighted by Crippen LogP contribution is 2.44. The van der Waals surface area contributed by atoms with Crippen molar-refractivity contribution in [2.45, 2.75) is 441 Å². The predicted octanol–water partition coefficient (Wildman–Crippen LogP) is -22.3. The number of hydrogen-bond acceptors (Lipinski definition) is 60. The van der Waals surface area contributed by atoms with Gasteiger partial charge in [0.1, 0.15) is 171 Å². The Morgan fingerprint density at radius 3 is 0.730 bits per heavy atom. The van der Waals surface area contributed by atoms with Gasteiger partial charge in [0.2, 0.25) is 0 Å². The van der Waals surface area contributed by atoms with Crippen LogP contribution in [0.25, 0.3) is 0 Å². The third-order valence-corrected chi connectivity index (χ3v) is 29.5. The number of hydrogen-bond donors (Lipinski definition) is 39. The summed E-state index contributed by atoms with van der Waals surface area (Å²) in [6.45, 7) is -0.0375. The highest BCUT2D eigenvalue weighted by Gasteiger charge is 2.61. The maximum Gasteiger partial charge on any atom is 0.187 e. The van der Waals surface area contributed by atoms with Gasteiger partial charge >= 0.3 is 0 Å². The van der Waals surface area contributed by atoms with Crippen molar-refractivity contribution in [1.82, 2.24) is 0 Å². The van der Waals surface area contributed by atoms with Crippen molar-refractivity contribution in [3.05, 3.63) is 0 Å². The number of ether oxygens (including phenoxy) is 18. The first-order valence-electron chi connectivity index (χ1n) is 49.6. The fourth-order valence-corrected chi connectivity index (χ4v) is 20.2. The lowest BCUT2D eigenvalue weighted by molar-refractivity contribution is -0.298. The normalized spacial score (nSPS) is 47.2. The Hall–Kier alpha value is -3.34. The predicted molar refractivity (Wildman–Crippen MR) is 498 cm³/mol. The molecule has 0 aromatic heterocycles. The SMILES string of the molecule is C.CC[C@@H](O)[C@H](O)C(=O)C[C@@H]1C[C@H](N)[C@@H](O[C@H]2O[C@H](CN)C[C@@H](O)[C@H]2N)[C@H](O[C@@H]2O[C@H](CO)[C@@H](O[C@H]3O[C@@H](CN)[C@@H](O)[C@H](O)[C@H]3N)[C@H]2O)[C@H]1O.CC[C@H](O)[C@H](O)C(=O)C[C@@H]1C[C@H](N)[C@@H](O[C@H]2O[C@H](CN)C[C@@H](O)[C@H]2N)[C@H](O[C@@H]2O[C@H](CO)[C@@H](O[C@H]3O[C@@H](CN)[C@@H](O)[C@H](O)[C@H]3N)[C@H]2O)[C@H]1O.NC[C@@H]1C[C@@H](O)[C@@H](N)[C@@H](O[C@H]2[C@H](O[C@@H]3O[C@H](CO)[C@@H](O[C@H]4O[C@@H](CN)[C@@H](O)[C@H](O)[C@H]4N)[C@H]3O)[C@@H](O)[C@H](CC(=O)[C@@H](O)[C@H](F)CN)C[C@@H]2N)O1. The van der Waals surface area contributed by atoms with Gasteiger partial charge in [0.15, 0.2) is 74.0 Å². The summed E-state index contributed by atoms with van der Waals surface area (Å²) in [5.74, 6) is -5.31. The van der Waals surface area contributed by atoms with E-state index in [2.05, 4.69) is 0 Å². The second kappa shape index (κ2) is 57.9. The molecule has 3 aliphatic carbocycles. The third-order valence-electron chi connectivity index (χ3n) is 29.5. The van der Waals surface area contributed by atoms with Gasteiger partial charge in [0.05, 0.1) is 123 Å². The second-order valence-corrected chi connectivity index (χ2v) is 39.8. The topological polar surface area (TPSA) is 1100 Å². The molecule has 9 aliphatic heterocycles. The molecule has 866 valence electrons. The third kappa shape index (κ3) is 30.0. The zero-order valence-corrected chi connectivity index (χ0v) is 81.5. The van der Waals surface area contributed by atoms with Gasteiger partial charge in [-0.15, -0.1) is 0 Å². The number of ketones is 3. The lowest BCUT2D eigenvalue weighted by Crippen LogP contribution is -2.64. The van der Waals surface area contributed by atoms with Crippen molar-refractivity contribution in [1.29, 1.82) is 0 Å². The van der Waals surface area contributed by atoms with Crippen LogP contribution in [0.4, 0.5) is 4.39 Å². The van der Waals surface area contributed by atoms with Crippen LogP contribution < -0.4 is 91.7 Å². The molecule has 0 bridgehead atoms. The highest BCUT2D eigenvalue weighted by atomic mass is 19.1. The Morgan fingerprint density at radius 1 is 0.284 bits per heavy atom. The molecule has 0 spiro atoms. The lowest BCUT2D eigenvalue weighted by atomic mass is 9.76. The molecular weight excluding hydrogens is 1990 g/mol. The van der Waals surface area contributed by atoms with Crippen molar-refractivity contribution in [2.24, 2.45) is 109 Å². The van der Waals surface area contributed by atoms with Gasteiger partial charge in [-0.1, -0.05) is 21.3 Å². The Balaban J connectivity index is 0.000000246. The standard InChI is InChI=1S/2C29H55N5O15.C28H53FN6O14.CH4/c2*1-2-12(36)20(40)14(38)4-9-3-11(32)24(47-27-17(33)13(37)5-10(6-30)44-27)26(19(9)39)49-29-23(43)25(16(8-35)46-29)48-28-18(34)22(42)21(41)15(7-31)45-28;29-10(5-31)19(40)13(38)2-8-1-11(33)23(47-26-16(34)12(37)3-9(4-30)44-26)25(18(8)39)49-28-22(43)24(15(7-36)46-28)48-27-17(35)21(42)20(41)14(6-32)45-27;/h2*9-13,15-29,35-37,39-43H,2-8,30-34H2,1H3;8-12,14-28,36-37,39-43H,1-7,30-35H2;1H4/t9-,10-,11-,12+,13+,15-,16+,17+,18+,19-,20-,21+,22+,23+,24+,25+,26+,27+,28+,29-;9-,10-,11-,12-,13+,15-,16+,17+,18+,19-,20-,21+,22+,23+,24+,25+,26+,27+,28+,29-;8-,9-,10+,11-,12+,14-,15+,16+,17+,18-,19-,20+,21+,22+,23+,24+,25+,26+,27+,28-;/m000./s1. The highest BCUT2D eigenvalue weighted by molar-refractivity contribution is 5.84. The summed E-state index contributed by atoms with van der Waals surface area (Å²) in [5.41, 5.74) is 95.5. The number of Topliss-reactive ketones (excluding diaryl/α,β-unsaturated/α-hetero) is 3. The summed E-state index contributed by atoms with van der Waals surface area (Å²) in [6, 6.07) is -10.0. The molecule has 61 heteroatoms. The van der Waals surface area contributed by atoms with Crippen molar-refractivity contribution >= 4 is 17.3 Å². The van der Waals surface area contributed by atoms with E-state index < -0.39 is 430 Å². The Labute approximate surface area is 851 Å². The van der Waals surface area contributed by atoms with Gasteiger partial charge < -0.3 is 294 Å². The molecule has 12 fully saturated rings. The Kier molecular flexibility index (Phi) is 50.1. The second-order valence-electron chi connectivity index (χ2n) is 39.8. The Bertz CT molecular complexity index is 3550. The number of carbonyl (C=O) groups is 3. The maximum absolute atomic E-state index is 14.0. The van der Waals surface area contributed by atoms with E-state index in [-0.39, 0.29) is 98.1 Å². The van der Waals surface area contributed by atoms with Gasteiger partial charge in [0.25, 0.3) is 0 Å². The minimum absolute atomic E-state index is 0. The summed E-state index contributed by atoms with van der Waals surface area (Å²) in [5, 5.41) is 243. The molecule has 55 N–H and O–H groups in total. The average molecular weight is 2160 g/mol. The van der Waals surface area contributed by atoms with E-state index >= 15 is 0 Å². The Morgan fingerprint density at radius 2 is 0.507 bits per heavy atom.